The number of carbonyl (C=O) groups excluding carboxylic acids is 6. The topological polar surface area (TPSA) is 333 Å². The first-order valence-electron chi connectivity index (χ1n) is 30.0. The van der Waals surface area contributed by atoms with Crippen molar-refractivity contribution in [3.63, 3.8) is 0 Å². The highest BCUT2D eigenvalue weighted by atomic mass is 16.8. The summed E-state index contributed by atoms with van der Waals surface area (Å²) in [4.78, 5) is 74.7. The number of carbonyl (C=O) groups is 6. The molecule has 0 atom stereocenters. The summed E-state index contributed by atoms with van der Waals surface area (Å²) in [6, 6.07) is 0. The fourth-order valence-electron chi connectivity index (χ4n) is 6.66. The van der Waals surface area contributed by atoms with Crippen LogP contribution in [-0.2, 0) is 133 Å². The zero-order valence-electron chi connectivity index (χ0n) is 51.3. The monoisotopic (exact) mass is 1280 g/mol. The molecule has 32 heteroatoms. The smallest absolute Gasteiger partial charge is 0.430 e. The number of ether oxygens (including phenoxy) is 22. The summed E-state index contributed by atoms with van der Waals surface area (Å²) in [5.74, 6) is -2.23. The minimum atomic E-state index is -1.14. The van der Waals surface area contributed by atoms with E-state index >= 15 is 0 Å². The van der Waals surface area contributed by atoms with Crippen LogP contribution >= 0.6 is 0 Å². The van der Waals surface area contributed by atoms with Gasteiger partial charge in [0.15, 0.2) is 0 Å². The van der Waals surface area contributed by atoms with Gasteiger partial charge in [-0.05, 0) is 0 Å². The van der Waals surface area contributed by atoms with E-state index in [0.717, 1.165) is 4.90 Å². The van der Waals surface area contributed by atoms with E-state index in [1.165, 1.54) is 12.2 Å². The van der Waals surface area contributed by atoms with Crippen LogP contribution in [0.25, 0.3) is 0 Å². The molecule has 32 nitrogen and oxygen atoms in total. The van der Waals surface area contributed by atoms with Crippen molar-refractivity contribution in [1.82, 2.24) is 15.3 Å². The molecule has 0 saturated carbocycles. The van der Waals surface area contributed by atoms with Gasteiger partial charge in [0.25, 0.3) is 23.6 Å². The van der Waals surface area contributed by atoms with Crippen LogP contribution in [0.2, 0.25) is 0 Å². The van der Waals surface area contributed by atoms with Gasteiger partial charge in [0.2, 0.25) is 5.91 Å². The molecule has 2 aliphatic rings. The van der Waals surface area contributed by atoms with Crippen LogP contribution in [0.1, 0.15) is 19.3 Å². The Morgan fingerprint density at radius 3 is 0.739 bits per heavy atom. The molecule has 5 amide bonds. The van der Waals surface area contributed by atoms with Gasteiger partial charge in [-0.15, -0.1) is 0 Å². The van der Waals surface area contributed by atoms with Crippen LogP contribution in [-0.4, -0.2) is 343 Å². The molecule has 0 unspecified atom stereocenters. The largest absolute Gasteiger partial charge is 0.534 e. The predicted molar refractivity (Wildman–Crippen MR) is 304 cm³/mol. The van der Waals surface area contributed by atoms with Crippen LogP contribution < -0.4 is 5.32 Å². The average molecular weight is 1280 g/mol. The van der Waals surface area contributed by atoms with Crippen molar-refractivity contribution < 1.29 is 138 Å². The maximum absolute atomic E-state index is 11.8. The summed E-state index contributed by atoms with van der Waals surface area (Å²) in [6.07, 6.45) is 1.29. The lowest BCUT2D eigenvalue weighted by atomic mass is 10.3. The number of rotatable bonds is 70. The zero-order valence-corrected chi connectivity index (χ0v) is 51.3. The van der Waals surface area contributed by atoms with E-state index in [1.54, 1.807) is 0 Å². The summed E-state index contributed by atoms with van der Waals surface area (Å²) in [5, 5.41) is 3.09. The van der Waals surface area contributed by atoms with E-state index in [4.69, 9.17) is 104 Å². The highest BCUT2D eigenvalue weighted by Crippen LogP contribution is 2.12. The molecule has 2 rings (SSSR count). The number of imide groups is 2. The second kappa shape index (κ2) is 63.1. The van der Waals surface area contributed by atoms with Crippen molar-refractivity contribution in [1.29, 1.82) is 0 Å². The molecule has 0 aromatic carbocycles. The molecule has 0 bridgehead atoms. The van der Waals surface area contributed by atoms with Crippen molar-refractivity contribution in [2.24, 2.45) is 0 Å². The normalized spacial score (nSPS) is 13.3. The predicted octanol–water partition coefficient (Wildman–Crippen LogP) is -1.02. The van der Waals surface area contributed by atoms with Gasteiger partial charge in [-0.3, -0.25) is 33.7 Å². The first-order valence-corrected chi connectivity index (χ1v) is 30.0. The van der Waals surface area contributed by atoms with Crippen LogP contribution in [0.4, 0.5) is 4.79 Å². The Bertz CT molecular complexity index is 1680. The first kappa shape index (κ1) is 80.0. The molecule has 0 aliphatic carbocycles. The van der Waals surface area contributed by atoms with Crippen molar-refractivity contribution in [2.75, 3.05) is 297 Å². The van der Waals surface area contributed by atoms with Crippen molar-refractivity contribution >= 4 is 35.7 Å². The molecular formula is C56H99N3O29. The highest BCUT2D eigenvalue weighted by Gasteiger charge is 2.33. The number of hydrogen-bond donors (Lipinski definition) is 1. The maximum Gasteiger partial charge on any atom is 0.534 e. The molecule has 1 fully saturated rings. The third-order valence-corrected chi connectivity index (χ3v) is 11.1. The summed E-state index contributed by atoms with van der Waals surface area (Å²) in [5.41, 5.74) is 0. The Morgan fingerprint density at radius 2 is 0.511 bits per heavy atom. The van der Waals surface area contributed by atoms with Gasteiger partial charge in [0.05, 0.1) is 277 Å². The second-order valence-corrected chi connectivity index (χ2v) is 17.9. The maximum atomic E-state index is 11.8. The summed E-state index contributed by atoms with van der Waals surface area (Å²) < 4.78 is 120. The van der Waals surface area contributed by atoms with E-state index in [0.29, 0.717) is 276 Å². The molecule has 0 aromatic heterocycles. The fourth-order valence-corrected chi connectivity index (χ4v) is 6.66. The molecule has 0 aromatic rings. The lowest BCUT2D eigenvalue weighted by molar-refractivity contribution is -0.177. The molecular weight excluding hydrogens is 1180 g/mol. The van der Waals surface area contributed by atoms with Gasteiger partial charge in [-0.2, -0.15) is 0 Å². The van der Waals surface area contributed by atoms with Gasteiger partial charge >= 0.3 is 6.16 Å². The number of hydrogen-bond acceptors (Lipinski definition) is 29. The van der Waals surface area contributed by atoms with Gasteiger partial charge in [0, 0.05) is 44.5 Å². The molecule has 0 spiro atoms. The lowest BCUT2D eigenvalue weighted by Crippen LogP contribution is -2.35. The molecule has 88 heavy (non-hydrogen) atoms. The van der Waals surface area contributed by atoms with E-state index in [-0.39, 0.29) is 51.5 Å². The quantitative estimate of drug-likeness (QED) is 0.0433. The highest BCUT2D eigenvalue weighted by molar-refractivity contribution is 6.13. The molecule has 2 aliphatic heterocycles. The van der Waals surface area contributed by atoms with Crippen molar-refractivity contribution in [2.45, 2.75) is 19.3 Å². The van der Waals surface area contributed by atoms with E-state index in [2.05, 4.69) is 10.2 Å². The lowest BCUT2D eigenvalue weighted by Gasteiger charge is -2.13. The van der Waals surface area contributed by atoms with Gasteiger partial charge in [-0.25, -0.2) is 4.79 Å². The van der Waals surface area contributed by atoms with Crippen LogP contribution in [0, 0.1) is 0 Å². The summed E-state index contributed by atoms with van der Waals surface area (Å²) >= 11 is 0. The molecule has 2 heterocycles. The van der Waals surface area contributed by atoms with Gasteiger partial charge < -0.3 is 110 Å². The van der Waals surface area contributed by atoms with E-state index < -0.39 is 29.8 Å². The van der Waals surface area contributed by atoms with Gasteiger partial charge in [0.1, 0.15) is 6.61 Å². The number of nitrogens with one attached hydrogen (secondary N) is 1. The fraction of sp³-hybridized carbons (Fsp3) is 0.857. The van der Waals surface area contributed by atoms with E-state index in [1.807, 2.05) is 0 Å². The Labute approximate surface area is 516 Å². The Kier molecular flexibility index (Phi) is 57.4. The van der Waals surface area contributed by atoms with Crippen LogP contribution in [0.3, 0.4) is 0 Å². The van der Waals surface area contributed by atoms with Crippen LogP contribution in [0.5, 0.6) is 0 Å². The Hall–Kier alpha value is -4.08. The third-order valence-electron chi connectivity index (χ3n) is 11.1. The minimum Gasteiger partial charge on any atom is -0.430 e. The number of nitrogens with zero attached hydrogens (tertiary/aromatic N) is 2. The minimum absolute atomic E-state index is 0.00775. The molecule has 1 N–H and O–H groups in total. The average Bonchev–Trinajstić information content (AvgIpc) is 4.23. The van der Waals surface area contributed by atoms with E-state index in [9.17, 15) is 28.8 Å². The first-order chi connectivity index (χ1) is 43.4. The second-order valence-electron chi connectivity index (χ2n) is 17.9. The third kappa shape index (κ3) is 52.7. The molecule has 512 valence electrons. The summed E-state index contributed by atoms with van der Waals surface area (Å²) in [6.45, 7) is 18.3. The standard InChI is InChI=1S/C56H99N3O29/c60-51(5-7-58-52(61)1-2-53(58)62)57-6-8-66-9-10-67-11-12-68-13-14-69-15-16-70-17-18-71-19-20-72-21-22-73-23-24-74-25-26-75-27-28-76-29-30-77-31-32-78-33-34-79-35-36-80-37-38-81-39-40-82-41-42-83-43-44-84-45-46-85-47-48-86-49-50-87-56(65)88-59-54(63)3-4-55(59)64/h1-2H,3-50H2,(H,57,60). The SMILES string of the molecule is O=C(CCN1C(=O)C=CC1=O)NCCOCCOCCOCCOCCOCCOCCOCCOCCOCCOCCOCCOCCOCCOCCOCCOCCOCCOCCOCCOCCOCCOC(=O)ON1C(=O)CCC1=O. The Balaban J connectivity index is 1.10. The van der Waals surface area contributed by atoms with Gasteiger partial charge in [-0.1, -0.05) is 5.06 Å². The molecule has 0 radical (unpaired) electrons. The zero-order chi connectivity index (χ0) is 62.9. The van der Waals surface area contributed by atoms with Crippen LogP contribution in [0.15, 0.2) is 12.2 Å². The molecule has 1 saturated heterocycles. The number of hydroxylamine groups is 2. The summed E-state index contributed by atoms with van der Waals surface area (Å²) in [7, 11) is 0. The van der Waals surface area contributed by atoms with Crippen molar-refractivity contribution in [3.8, 4) is 0 Å². The Morgan fingerprint density at radius 1 is 0.307 bits per heavy atom. The van der Waals surface area contributed by atoms with Crippen molar-refractivity contribution in [3.05, 3.63) is 12.2 Å². The number of amides is 5.